The maximum absolute atomic E-state index is 12.2. The quantitative estimate of drug-likeness (QED) is 0.612. The summed E-state index contributed by atoms with van der Waals surface area (Å²) in [5.74, 6) is 0.0613. The van der Waals surface area contributed by atoms with E-state index in [9.17, 15) is 9.59 Å². The van der Waals surface area contributed by atoms with Gasteiger partial charge in [-0.15, -0.1) is 0 Å². The van der Waals surface area contributed by atoms with Gasteiger partial charge in [0.05, 0.1) is 16.8 Å². The molecular formula is C15H19N3O3S. The van der Waals surface area contributed by atoms with Crippen molar-refractivity contribution in [3.63, 3.8) is 0 Å². The van der Waals surface area contributed by atoms with Gasteiger partial charge in [0.15, 0.2) is 5.03 Å². The summed E-state index contributed by atoms with van der Waals surface area (Å²) in [5.41, 5.74) is 1.34. The maximum Gasteiger partial charge on any atom is 0.283 e. The van der Waals surface area contributed by atoms with Crippen LogP contribution >= 0.6 is 11.8 Å². The summed E-state index contributed by atoms with van der Waals surface area (Å²) in [6, 6.07) is 7.44. The van der Waals surface area contributed by atoms with Crippen LogP contribution in [0.4, 0.5) is 0 Å². The number of para-hydroxylation sites is 2. The van der Waals surface area contributed by atoms with Crippen molar-refractivity contribution >= 4 is 28.7 Å². The van der Waals surface area contributed by atoms with E-state index in [1.54, 1.807) is 18.7 Å². The molecule has 0 saturated heterocycles. The minimum atomic E-state index is -0.184. The lowest BCUT2D eigenvalue weighted by Crippen LogP contribution is -2.28. The lowest BCUT2D eigenvalue weighted by Gasteiger charge is -2.08. The molecule has 6 nitrogen and oxygen atoms in total. The Hall–Kier alpha value is -1.86. The number of carbonyl (C=O) groups is 1. The van der Waals surface area contributed by atoms with Gasteiger partial charge in [0, 0.05) is 27.3 Å². The van der Waals surface area contributed by atoms with Gasteiger partial charge in [-0.3, -0.25) is 9.59 Å². The molecule has 0 aliphatic carbocycles. The minimum Gasteiger partial charge on any atom is -0.385 e. The second kappa shape index (κ2) is 7.95. The van der Waals surface area contributed by atoms with Crippen molar-refractivity contribution in [2.24, 2.45) is 7.05 Å². The zero-order chi connectivity index (χ0) is 15.9. The van der Waals surface area contributed by atoms with E-state index in [1.165, 1.54) is 0 Å². The van der Waals surface area contributed by atoms with Gasteiger partial charge in [0.1, 0.15) is 0 Å². The van der Waals surface area contributed by atoms with E-state index in [4.69, 9.17) is 4.74 Å². The van der Waals surface area contributed by atoms with E-state index >= 15 is 0 Å². The van der Waals surface area contributed by atoms with Gasteiger partial charge in [-0.2, -0.15) is 0 Å². The fourth-order valence-electron chi connectivity index (χ4n) is 1.98. The Kier molecular flexibility index (Phi) is 5.97. The SMILES string of the molecule is COCCCNC(=O)CSc1nc2ccccc2n(C)c1=O. The molecule has 0 radical (unpaired) electrons. The molecule has 1 heterocycles. The summed E-state index contributed by atoms with van der Waals surface area (Å²) in [5, 5.41) is 3.12. The average molecular weight is 321 g/mol. The third kappa shape index (κ3) is 4.08. The molecule has 22 heavy (non-hydrogen) atoms. The molecule has 0 bridgehead atoms. The number of aryl methyl sites for hydroxylation is 1. The number of carbonyl (C=O) groups excluding carboxylic acids is 1. The van der Waals surface area contributed by atoms with Crippen molar-refractivity contribution in [3.8, 4) is 0 Å². The second-order valence-electron chi connectivity index (χ2n) is 4.75. The molecule has 2 aromatic rings. The third-order valence-electron chi connectivity index (χ3n) is 3.14. The van der Waals surface area contributed by atoms with Crippen LogP contribution in [0, 0.1) is 0 Å². The Bertz CT molecular complexity index is 715. The van der Waals surface area contributed by atoms with Gasteiger partial charge < -0.3 is 14.6 Å². The maximum atomic E-state index is 12.2. The number of aromatic nitrogens is 2. The van der Waals surface area contributed by atoms with Crippen LogP contribution < -0.4 is 10.9 Å². The molecule has 1 aromatic heterocycles. The van der Waals surface area contributed by atoms with Crippen LogP contribution in [0.25, 0.3) is 11.0 Å². The number of ether oxygens (including phenoxy) is 1. The highest BCUT2D eigenvalue weighted by molar-refractivity contribution is 7.99. The summed E-state index contributed by atoms with van der Waals surface area (Å²) >= 11 is 1.16. The van der Waals surface area contributed by atoms with E-state index in [0.717, 1.165) is 29.2 Å². The zero-order valence-corrected chi connectivity index (χ0v) is 13.5. The Morgan fingerprint density at radius 1 is 1.41 bits per heavy atom. The lowest BCUT2D eigenvalue weighted by atomic mass is 10.3. The van der Waals surface area contributed by atoms with Crippen LogP contribution in [-0.4, -0.2) is 41.5 Å². The number of hydrogen-bond donors (Lipinski definition) is 1. The molecule has 0 aliphatic rings. The summed E-state index contributed by atoms with van der Waals surface area (Å²) in [7, 11) is 3.33. The molecule has 0 unspecified atom stereocenters. The van der Waals surface area contributed by atoms with Crippen LogP contribution in [0.2, 0.25) is 0 Å². The van der Waals surface area contributed by atoms with Crippen molar-refractivity contribution in [1.29, 1.82) is 0 Å². The van der Waals surface area contributed by atoms with Gasteiger partial charge in [0.25, 0.3) is 5.56 Å². The second-order valence-corrected chi connectivity index (χ2v) is 5.72. The fourth-order valence-corrected chi connectivity index (χ4v) is 2.77. The normalized spacial score (nSPS) is 10.8. The van der Waals surface area contributed by atoms with Crippen LogP contribution in [0.1, 0.15) is 6.42 Å². The Balaban J connectivity index is 2.01. The summed E-state index contributed by atoms with van der Waals surface area (Å²) in [6.07, 6.45) is 0.767. The Labute approximate surface area is 132 Å². The molecule has 0 saturated carbocycles. The molecule has 2 rings (SSSR count). The highest BCUT2D eigenvalue weighted by atomic mass is 32.2. The van der Waals surface area contributed by atoms with Crippen LogP contribution in [-0.2, 0) is 16.6 Å². The first-order valence-corrected chi connectivity index (χ1v) is 7.96. The van der Waals surface area contributed by atoms with Crippen molar-refractivity contribution in [2.45, 2.75) is 11.4 Å². The molecule has 1 aromatic carbocycles. The number of fused-ring (bicyclic) bond motifs is 1. The van der Waals surface area contributed by atoms with Gasteiger partial charge in [-0.1, -0.05) is 23.9 Å². The van der Waals surface area contributed by atoms with Crippen LogP contribution in [0.15, 0.2) is 34.1 Å². The van der Waals surface area contributed by atoms with E-state index in [0.29, 0.717) is 18.2 Å². The van der Waals surface area contributed by atoms with Crippen molar-refractivity contribution in [3.05, 3.63) is 34.6 Å². The minimum absolute atomic E-state index is 0.113. The van der Waals surface area contributed by atoms with Crippen LogP contribution in [0.3, 0.4) is 0 Å². The summed E-state index contributed by atoms with van der Waals surface area (Å²) in [4.78, 5) is 28.3. The molecule has 1 N–H and O–H groups in total. The Morgan fingerprint density at radius 2 is 2.18 bits per heavy atom. The third-order valence-corrected chi connectivity index (χ3v) is 4.09. The number of nitrogens with one attached hydrogen (secondary N) is 1. The van der Waals surface area contributed by atoms with Gasteiger partial charge >= 0.3 is 0 Å². The van der Waals surface area contributed by atoms with Crippen molar-refractivity contribution in [1.82, 2.24) is 14.9 Å². The zero-order valence-electron chi connectivity index (χ0n) is 12.7. The van der Waals surface area contributed by atoms with Crippen molar-refractivity contribution < 1.29 is 9.53 Å². The summed E-state index contributed by atoms with van der Waals surface area (Å²) < 4.78 is 6.47. The lowest BCUT2D eigenvalue weighted by molar-refractivity contribution is -0.118. The van der Waals surface area contributed by atoms with E-state index in [-0.39, 0.29) is 17.2 Å². The molecule has 0 fully saturated rings. The molecule has 0 aliphatic heterocycles. The largest absolute Gasteiger partial charge is 0.385 e. The van der Waals surface area contributed by atoms with Crippen LogP contribution in [0.5, 0.6) is 0 Å². The number of hydrogen-bond acceptors (Lipinski definition) is 5. The standard InChI is InChI=1S/C15H19N3O3S/c1-18-12-7-4-3-6-11(12)17-14(15(18)20)22-10-13(19)16-8-5-9-21-2/h3-4,6-7H,5,8-10H2,1-2H3,(H,16,19). The fraction of sp³-hybridized carbons (Fsp3) is 0.400. The predicted molar refractivity (Wildman–Crippen MR) is 87.2 cm³/mol. The first kappa shape index (κ1) is 16.5. The highest BCUT2D eigenvalue weighted by Gasteiger charge is 2.10. The first-order valence-electron chi connectivity index (χ1n) is 6.97. The van der Waals surface area contributed by atoms with Gasteiger partial charge in [0.2, 0.25) is 5.91 Å². The van der Waals surface area contributed by atoms with Gasteiger partial charge in [-0.05, 0) is 18.6 Å². The molecule has 7 heteroatoms. The number of benzene rings is 1. The number of rotatable bonds is 7. The van der Waals surface area contributed by atoms with E-state index in [1.807, 2.05) is 24.3 Å². The molecule has 118 valence electrons. The monoisotopic (exact) mass is 321 g/mol. The number of amides is 1. The smallest absolute Gasteiger partial charge is 0.283 e. The predicted octanol–water partition coefficient (Wildman–Crippen LogP) is 1.18. The summed E-state index contributed by atoms with van der Waals surface area (Å²) in [6.45, 7) is 1.18. The molecule has 1 amide bonds. The molecule has 0 spiro atoms. The first-order chi connectivity index (χ1) is 10.6. The number of methoxy groups -OCH3 is 1. The van der Waals surface area contributed by atoms with Crippen molar-refractivity contribution in [2.75, 3.05) is 26.0 Å². The molecular weight excluding hydrogens is 302 g/mol. The topological polar surface area (TPSA) is 73.2 Å². The number of thioether (sulfide) groups is 1. The molecule has 0 atom stereocenters. The van der Waals surface area contributed by atoms with Gasteiger partial charge in [-0.25, -0.2) is 4.98 Å². The Morgan fingerprint density at radius 3 is 2.95 bits per heavy atom. The highest BCUT2D eigenvalue weighted by Crippen LogP contribution is 2.15. The number of nitrogens with zero attached hydrogens (tertiary/aromatic N) is 2. The average Bonchev–Trinajstić information content (AvgIpc) is 2.53. The van der Waals surface area contributed by atoms with E-state index < -0.39 is 0 Å². The van der Waals surface area contributed by atoms with E-state index in [2.05, 4.69) is 10.3 Å².